The highest BCUT2D eigenvalue weighted by atomic mass is 16.7. The van der Waals surface area contributed by atoms with Crippen LogP contribution in [0.25, 0.3) is 10.9 Å². The Hall–Kier alpha value is -2.95. The third-order valence-corrected chi connectivity index (χ3v) is 5.86. The number of carbonyl (C=O) groups excluding carboxylic acids is 1. The third kappa shape index (κ3) is 2.65. The fourth-order valence-electron chi connectivity index (χ4n) is 4.03. The van der Waals surface area contributed by atoms with E-state index in [1.54, 1.807) is 0 Å². The molecule has 5 rings (SSSR count). The Morgan fingerprint density at radius 2 is 1.89 bits per heavy atom. The largest absolute Gasteiger partial charge is 0.454 e. The van der Waals surface area contributed by atoms with Gasteiger partial charge in [0.1, 0.15) is 0 Å². The van der Waals surface area contributed by atoms with Crippen LogP contribution in [0, 0.1) is 0 Å². The number of hydrogen-bond acceptors (Lipinski definition) is 3. The molecule has 1 amide bonds. The van der Waals surface area contributed by atoms with Crippen LogP contribution < -0.4 is 14.8 Å². The standard InChI is InChI=1S/C23H24N2O3.H2/c1-22(2,3)16-10-14-6-9-24-17(14)12-18(16)25-21(26)23(7-8-23)15-4-5-19-20(11-15)28-13-27-19;/h4-6,9-12,24H,7-8,13H2,1-3H3,(H,25,26);1H. The fraction of sp³-hybridized carbons (Fsp3) is 0.348. The first kappa shape index (κ1) is 17.2. The lowest BCUT2D eigenvalue weighted by Crippen LogP contribution is -2.29. The van der Waals surface area contributed by atoms with E-state index in [4.69, 9.17) is 9.47 Å². The van der Waals surface area contributed by atoms with Gasteiger partial charge in [-0.2, -0.15) is 0 Å². The van der Waals surface area contributed by atoms with Gasteiger partial charge in [0, 0.05) is 18.8 Å². The zero-order chi connectivity index (χ0) is 19.5. The number of hydrogen-bond donors (Lipinski definition) is 2. The van der Waals surface area contributed by atoms with Crippen LogP contribution >= 0.6 is 0 Å². The second kappa shape index (κ2) is 5.77. The molecule has 2 heterocycles. The van der Waals surface area contributed by atoms with E-state index in [1.165, 1.54) is 0 Å². The molecule has 146 valence electrons. The molecule has 1 fully saturated rings. The highest BCUT2D eigenvalue weighted by molar-refractivity contribution is 6.03. The predicted octanol–water partition coefficient (Wildman–Crippen LogP) is 5.11. The molecule has 1 aliphatic carbocycles. The van der Waals surface area contributed by atoms with Gasteiger partial charge in [-0.05, 0) is 65.1 Å². The fourth-order valence-corrected chi connectivity index (χ4v) is 4.03. The monoisotopic (exact) mass is 378 g/mol. The molecule has 2 N–H and O–H groups in total. The maximum absolute atomic E-state index is 13.4. The number of amides is 1. The summed E-state index contributed by atoms with van der Waals surface area (Å²) in [5, 5.41) is 4.39. The lowest BCUT2D eigenvalue weighted by Gasteiger charge is -2.25. The Balaban J connectivity index is 0.00000205. The van der Waals surface area contributed by atoms with Crippen LogP contribution in [0.4, 0.5) is 5.69 Å². The topological polar surface area (TPSA) is 63.4 Å². The van der Waals surface area contributed by atoms with Gasteiger partial charge in [-0.15, -0.1) is 0 Å². The first-order valence-electron chi connectivity index (χ1n) is 9.70. The van der Waals surface area contributed by atoms with Crippen molar-refractivity contribution < 1.29 is 15.7 Å². The molecule has 0 atom stereocenters. The number of anilines is 1. The molecule has 5 heteroatoms. The number of aromatic nitrogens is 1. The lowest BCUT2D eigenvalue weighted by molar-refractivity contribution is -0.118. The summed E-state index contributed by atoms with van der Waals surface area (Å²) in [6.45, 7) is 6.74. The first-order valence-corrected chi connectivity index (χ1v) is 9.70. The van der Waals surface area contributed by atoms with Gasteiger partial charge in [0.2, 0.25) is 12.7 Å². The molecule has 0 saturated heterocycles. The molecule has 2 aromatic carbocycles. The van der Waals surface area contributed by atoms with Crippen molar-refractivity contribution in [2.75, 3.05) is 12.1 Å². The summed E-state index contributed by atoms with van der Waals surface area (Å²) in [6.07, 6.45) is 3.61. The predicted molar refractivity (Wildman–Crippen MR) is 111 cm³/mol. The van der Waals surface area contributed by atoms with Crippen molar-refractivity contribution in [1.82, 2.24) is 4.98 Å². The zero-order valence-corrected chi connectivity index (χ0v) is 16.4. The maximum Gasteiger partial charge on any atom is 0.235 e. The molecule has 28 heavy (non-hydrogen) atoms. The average molecular weight is 378 g/mol. The number of nitrogens with one attached hydrogen (secondary N) is 2. The van der Waals surface area contributed by atoms with Gasteiger partial charge in [0.05, 0.1) is 5.41 Å². The number of H-pyrrole nitrogens is 1. The summed E-state index contributed by atoms with van der Waals surface area (Å²) >= 11 is 0. The Morgan fingerprint density at radius 3 is 2.64 bits per heavy atom. The molecule has 0 bridgehead atoms. The second-order valence-corrected chi connectivity index (χ2v) is 8.82. The highest BCUT2D eigenvalue weighted by Crippen LogP contribution is 2.51. The summed E-state index contributed by atoms with van der Waals surface area (Å²) in [5.74, 6) is 1.51. The number of carbonyl (C=O) groups is 1. The third-order valence-electron chi connectivity index (χ3n) is 5.86. The van der Waals surface area contributed by atoms with Gasteiger partial charge in [0.15, 0.2) is 11.5 Å². The molecular weight excluding hydrogens is 352 g/mol. The van der Waals surface area contributed by atoms with Crippen molar-refractivity contribution in [3.63, 3.8) is 0 Å². The van der Waals surface area contributed by atoms with Crippen molar-refractivity contribution in [3.8, 4) is 11.5 Å². The molecule has 2 aliphatic rings. The molecule has 1 aliphatic heterocycles. The maximum atomic E-state index is 13.4. The number of ether oxygens (including phenoxy) is 2. The molecule has 1 aromatic heterocycles. The van der Waals surface area contributed by atoms with Crippen molar-refractivity contribution in [2.24, 2.45) is 0 Å². The number of aromatic amines is 1. The van der Waals surface area contributed by atoms with Crippen LogP contribution in [0.5, 0.6) is 11.5 Å². The smallest absolute Gasteiger partial charge is 0.235 e. The molecule has 1 saturated carbocycles. The van der Waals surface area contributed by atoms with Crippen molar-refractivity contribution in [2.45, 2.75) is 44.4 Å². The molecule has 0 spiro atoms. The van der Waals surface area contributed by atoms with Gasteiger partial charge in [0.25, 0.3) is 0 Å². The summed E-state index contributed by atoms with van der Waals surface area (Å²) in [4.78, 5) is 16.6. The van der Waals surface area contributed by atoms with E-state index >= 15 is 0 Å². The quantitative estimate of drug-likeness (QED) is 0.666. The van der Waals surface area contributed by atoms with Crippen molar-refractivity contribution >= 4 is 22.5 Å². The molecule has 3 aromatic rings. The van der Waals surface area contributed by atoms with Gasteiger partial charge in [-0.3, -0.25) is 4.79 Å². The van der Waals surface area contributed by atoms with Gasteiger partial charge in [-0.1, -0.05) is 26.8 Å². The van der Waals surface area contributed by atoms with Crippen LogP contribution in [0.1, 0.15) is 46.2 Å². The first-order chi connectivity index (χ1) is 13.4. The zero-order valence-electron chi connectivity index (χ0n) is 16.4. The molecule has 5 nitrogen and oxygen atoms in total. The Labute approximate surface area is 165 Å². The summed E-state index contributed by atoms with van der Waals surface area (Å²) in [7, 11) is 0. The van der Waals surface area contributed by atoms with Gasteiger partial charge >= 0.3 is 0 Å². The molecule has 0 radical (unpaired) electrons. The van der Waals surface area contributed by atoms with E-state index in [1.807, 2.05) is 30.5 Å². The Bertz CT molecular complexity index is 1090. The number of rotatable bonds is 3. The highest BCUT2D eigenvalue weighted by Gasteiger charge is 2.52. The minimum Gasteiger partial charge on any atom is -0.454 e. The van der Waals surface area contributed by atoms with Crippen LogP contribution in [-0.2, 0) is 15.6 Å². The van der Waals surface area contributed by atoms with Crippen molar-refractivity contribution in [1.29, 1.82) is 0 Å². The van der Waals surface area contributed by atoms with Gasteiger partial charge in [-0.25, -0.2) is 0 Å². The number of fused-ring (bicyclic) bond motifs is 2. The second-order valence-electron chi connectivity index (χ2n) is 8.82. The van der Waals surface area contributed by atoms with E-state index in [0.29, 0.717) is 0 Å². The van der Waals surface area contributed by atoms with Crippen LogP contribution in [-0.4, -0.2) is 17.7 Å². The normalized spacial score (nSPS) is 17.0. The molecular formula is C23H26N2O3. The Kier molecular flexibility index (Phi) is 3.54. The van der Waals surface area contributed by atoms with E-state index in [9.17, 15) is 4.79 Å². The summed E-state index contributed by atoms with van der Waals surface area (Å²) < 4.78 is 10.9. The SMILES string of the molecule is CC(C)(C)c1cc2cc[nH]c2cc1NC(=O)C1(c2ccc3c(c2)OCO3)CC1.[HH]. The molecule has 0 unspecified atom stereocenters. The summed E-state index contributed by atoms with van der Waals surface area (Å²) in [5.41, 5.74) is 3.46. The Morgan fingerprint density at radius 1 is 1.11 bits per heavy atom. The van der Waals surface area contributed by atoms with E-state index in [2.05, 4.69) is 43.2 Å². The van der Waals surface area contributed by atoms with Crippen LogP contribution in [0.2, 0.25) is 0 Å². The minimum absolute atomic E-state index is 0. The average Bonchev–Trinajstić information content (AvgIpc) is 3.11. The van der Waals surface area contributed by atoms with Crippen LogP contribution in [0.15, 0.2) is 42.6 Å². The van der Waals surface area contributed by atoms with Gasteiger partial charge < -0.3 is 19.8 Å². The van der Waals surface area contributed by atoms with E-state index in [0.717, 1.165) is 52.1 Å². The van der Waals surface area contributed by atoms with Crippen molar-refractivity contribution in [3.05, 3.63) is 53.7 Å². The lowest BCUT2D eigenvalue weighted by atomic mass is 9.84. The van der Waals surface area contributed by atoms with Crippen LogP contribution in [0.3, 0.4) is 0 Å². The number of benzene rings is 2. The minimum atomic E-state index is -0.485. The van der Waals surface area contributed by atoms with E-state index in [-0.39, 0.29) is 19.5 Å². The van der Waals surface area contributed by atoms with E-state index < -0.39 is 5.41 Å². The summed E-state index contributed by atoms with van der Waals surface area (Å²) in [6, 6.07) is 12.1.